The zero-order valence-corrected chi connectivity index (χ0v) is 32.5. The van der Waals surface area contributed by atoms with Gasteiger partial charge in [0.15, 0.2) is 0 Å². The van der Waals surface area contributed by atoms with Gasteiger partial charge in [-0.05, 0) is 86.8 Å². The van der Waals surface area contributed by atoms with Crippen molar-refractivity contribution in [3.63, 3.8) is 0 Å². The fraction of sp³-hybridized carbons (Fsp3) is 0.529. The Balaban J connectivity index is 0.000000757. The molecule has 0 atom stereocenters. The molecule has 0 unspecified atom stereocenters. The van der Waals surface area contributed by atoms with E-state index in [1.165, 1.54) is 74.5 Å². The first kappa shape index (κ1) is 45.4. The molecule has 0 spiro atoms. The van der Waals surface area contributed by atoms with Gasteiger partial charge in [-0.3, -0.25) is 9.98 Å². The van der Waals surface area contributed by atoms with Crippen molar-refractivity contribution in [2.75, 3.05) is 26.2 Å². The van der Waals surface area contributed by atoms with Crippen LogP contribution in [0.5, 0.6) is 11.5 Å². The molecule has 0 aliphatic heterocycles. The summed E-state index contributed by atoms with van der Waals surface area (Å²) in [5, 5.41) is 45.1. The fourth-order valence-electron chi connectivity index (χ4n) is 5.38. The maximum absolute atomic E-state index is 11.6. The normalized spacial score (nSPS) is 14.7. The summed E-state index contributed by atoms with van der Waals surface area (Å²) >= 11 is 14.1. The summed E-state index contributed by atoms with van der Waals surface area (Å²) in [6, 6.07) is 12.0. The minimum Gasteiger partial charge on any atom is -0.872 e. The molecule has 2 aromatic rings. The number of quaternary nitrogens is 2. The van der Waals surface area contributed by atoms with Gasteiger partial charge in [-0.25, -0.2) is 0 Å². The molecule has 0 heterocycles. The van der Waals surface area contributed by atoms with Crippen LogP contribution >= 0.6 is 56.3 Å². The van der Waals surface area contributed by atoms with Gasteiger partial charge in [-0.2, -0.15) is 10.3 Å². The van der Waals surface area contributed by atoms with Crippen molar-refractivity contribution in [1.82, 2.24) is 0 Å². The van der Waals surface area contributed by atoms with Gasteiger partial charge in [-0.15, -0.1) is 0 Å². The second-order valence-electron chi connectivity index (χ2n) is 11.2. The summed E-state index contributed by atoms with van der Waals surface area (Å²) in [4.78, 5) is 8.72. The maximum Gasteiger partial charge on any atom is 2.00 e. The minimum atomic E-state index is 0. The topological polar surface area (TPSA) is 149 Å². The molecular weight excluding hydrogens is 807 g/mol. The molecule has 260 valence electrons. The van der Waals surface area contributed by atoms with Crippen LogP contribution < -0.4 is 20.8 Å². The molecule has 0 amide bonds. The summed E-state index contributed by atoms with van der Waals surface area (Å²) < 4.78 is 1.84. The van der Waals surface area contributed by atoms with Gasteiger partial charge in [0.2, 0.25) is 0 Å². The molecular formula is C34H46Br2N6NiO2S2. The van der Waals surface area contributed by atoms with Crippen LogP contribution in [0.1, 0.15) is 88.2 Å². The average Bonchev–Trinajstić information content (AvgIpc) is 3.06. The summed E-state index contributed by atoms with van der Waals surface area (Å²) in [6.07, 6.45) is 19.5. The van der Waals surface area contributed by atoms with Crippen LogP contribution in [-0.2, 0) is 16.5 Å². The van der Waals surface area contributed by atoms with E-state index in [9.17, 15) is 10.2 Å². The summed E-state index contributed by atoms with van der Waals surface area (Å²) in [7, 11) is 0. The van der Waals surface area contributed by atoms with Gasteiger partial charge in [0.1, 0.15) is 0 Å². The van der Waals surface area contributed by atoms with E-state index in [1.54, 1.807) is 36.7 Å². The Hall–Kier alpha value is -1.65. The van der Waals surface area contributed by atoms with Gasteiger partial charge in [0.05, 0.1) is 25.2 Å². The smallest absolute Gasteiger partial charge is 0.872 e. The van der Waals surface area contributed by atoms with Crippen LogP contribution in [-0.4, -0.2) is 61.0 Å². The van der Waals surface area contributed by atoms with Crippen molar-refractivity contribution in [3.05, 3.63) is 67.3 Å². The number of isothiocyanates is 2. The first-order valence-electron chi connectivity index (χ1n) is 16.0. The molecule has 0 saturated heterocycles. The molecule has 2 saturated carbocycles. The van der Waals surface area contributed by atoms with Crippen LogP contribution in [0.3, 0.4) is 0 Å². The number of thiocarbonyl (C=S) groups is 2. The first-order chi connectivity index (χ1) is 22.3. The molecule has 4 rings (SSSR count). The third-order valence-corrected chi connectivity index (χ3v) is 8.67. The molecule has 2 fully saturated rings. The van der Waals surface area contributed by atoms with Crippen molar-refractivity contribution >= 4 is 79.0 Å². The second kappa shape index (κ2) is 30.4. The average molecular weight is 853 g/mol. The Morgan fingerprint density at radius 2 is 1.04 bits per heavy atom. The molecule has 0 radical (unpaired) electrons. The third kappa shape index (κ3) is 23.4. The minimum absolute atomic E-state index is 0. The largest absolute Gasteiger partial charge is 2.00 e. The molecule has 13 heteroatoms. The fourth-order valence-corrected chi connectivity index (χ4v) is 6.14. The number of hydrogen-bond donors (Lipinski definition) is 2. The molecule has 2 aliphatic rings. The number of hydrogen-bond acceptors (Lipinski definition) is 6. The molecule has 2 aliphatic carbocycles. The summed E-state index contributed by atoms with van der Waals surface area (Å²) in [5.41, 5.74) is 1.33. The number of rotatable bonds is 12. The van der Waals surface area contributed by atoms with Gasteiger partial charge in [0.25, 0.3) is 0 Å². The van der Waals surface area contributed by atoms with Crippen LogP contribution in [0.4, 0.5) is 0 Å². The van der Waals surface area contributed by atoms with E-state index in [0.717, 1.165) is 60.0 Å². The number of aliphatic imine (C=N–C) groups is 2. The second-order valence-corrected chi connectivity index (χ2v) is 13.4. The van der Waals surface area contributed by atoms with Gasteiger partial charge in [0, 0.05) is 47.3 Å². The van der Waals surface area contributed by atoms with Gasteiger partial charge >= 0.3 is 16.5 Å². The van der Waals surface area contributed by atoms with Crippen molar-refractivity contribution in [1.29, 1.82) is 0 Å². The van der Waals surface area contributed by atoms with E-state index in [1.807, 2.05) is 12.1 Å². The monoisotopic (exact) mass is 850 g/mol. The Kier molecular flexibility index (Phi) is 29.3. The van der Waals surface area contributed by atoms with Crippen molar-refractivity contribution in [2.24, 2.45) is 9.98 Å². The van der Waals surface area contributed by atoms with E-state index < -0.39 is 0 Å². The van der Waals surface area contributed by atoms with Crippen molar-refractivity contribution < 1.29 is 37.3 Å². The van der Waals surface area contributed by atoms with E-state index in [-0.39, 0.29) is 28.0 Å². The number of benzene rings is 2. The zero-order chi connectivity index (χ0) is 33.8. The molecule has 0 aromatic heterocycles. The molecule has 47 heavy (non-hydrogen) atoms. The Labute approximate surface area is 318 Å². The zero-order valence-electron chi connectivity index (χ0n) is 26.7. The summed E-state index contributed by atoms with van der Waals surface area (Å²) in [6.45, 7) is 3.89. The summed E-state index contributed by atoms with van der Waals surface area (Å²) in [5.74, 6) is 0.0661. The van der Waals surface area contributed by atoms with E-state index in [2.05, 4.69) is 76.9 Å². The molecule has 0 bridgehead atoms. The number of nitrogens with two attached hydrogens (primary N) is 2. The Bertz CT molecular complexity index is 1150. The van der Waals surface area contributed by atoms with E-state index in [0.29, 0.717) is 11.1 Å². The molecule has 4 N–H and O–H groups in total. The maximum atomic E-state index is 11.6. The quantitative estimate of drug-likeness (QED) is 0.121. The van der Waals surface area contributed by atoms with E-state index in [4.69, 9.17) is 10.8 Å². The van der Waals surface area contributed by atoms with Crippen molar-refractivity contribution in [3.8, 4) is 11.5 Å². The predicted octanol–water partition coefficient (Wildman–Crippen LogP) is 5.77. The van der Waals surface area contributed by atoms with Gasteiger partial charge < -0.3 is 31.7 Å². The molecule has 2 aromatic carbocycles. The number of halogens is 2. The van der Waals surface area contributed by atoms with Crippen molar-refractivity contribution in [2.45, 2.75) is 89.1 Å². The van der Waals surface area contributed by atoms with Crippen LogP contribution in [0.2, 0.25) is 0 Å². The third-order valence-electron chi connectivity index (χ3n) is 7.69. The number of nitrogens with zero attached hydrogens (tertiary/aromatic N) is 4. The Morgan fingerprint density at radius 3 is 1.38 bits per heavy atom. The SMILES string of the molecule is [N-]=C=S.[N-]=C=S.[Ni+2].[O-]c1ccc(Br)cc1C=NCCC[NH2+]C1CCCCC1.[O-]c1ccc(Br)cc1C=NCCC[NH2+]C1CCCCC1. The van der Waals surface area contributed by atoms with Gasteiger partial charge in [-0.1, -0.05) is 92.8 Å². The Morgan fingerprint density at radius 1 is 0.702 bits per heavy atom. The standard InChI is InChI=1S/2C16H23BrN2O.2CNS.Ni/c2*17-14-7-8-16(20)13(11-14)12-18-9-4-10-19-15-5-2-1-3-6-15;2*2-1-3;/h2*7-8,11-12,15,19-20H,1-6,9-10H2;;;/q;;2*-1;+2. The first-order valence-corrected chi connectivity index (χ1v) is 18.4. The van der Waals surface area contributed by atoms with Crippen LogP contribution in [0.25, 0.3) is 10.8 Å². The van der Waals surface area contributed by atoms with Crippen LogP contribution in [0.15, 0.2) is 55.3 Å². The van der Waals surface area contributed by atoms with Crippen LogP contribution in [0, 0.1) is 0 Å². The van der Waals surface area contributed by atoms with E-state index >= 15 is 0 Å². The predicted molar refractivity (Wildman–Crippen MR) is 201 cm³/mol. The molecule has 8 nitrogen and oxygen atoms in total.